The highest BCUT2D eigenvalue weighted by molar-refractivity contribution is 7.70. The van der Waals surface area contributed by atoms with Crippen molar-refractivity contribution in [2.45, 2.75) is 0 Å². The van der Waals surface area contributed by atoms with Gasteiger partial charge in [0.1, 0.15) is 7.14 Å². The lowest BCUT2D eigenvalue weighted by molar-refractivity contribution is -0.383. The molecule has 0 bridgehead atoms. The van der Waals surface area contributed by atoms with Gasteiger partial charge in [-0.15, -0.1) is 0 Å². The number of aromatic amines is 1. The van der Waals surface area contributed by atoms with Crippen LogP contribution in [0.15, 0.2) is 24.4 Å². The summed E-state index contributed by atoms with van der Waals surface area (Å²) >= 11 is 0. The Balaban J connectivity index is 2.73. The molecule has 0 aliphatic rings. The summed E-state index contributed by atoms with van der Waals surface area (Å²) in [4.78, 5) is 13.1. The zero-order valence-corrected chi connectivity index (χ0v) is 9.82. The first-order valence-electron chi connectivity index (χ1n) is 4.70. The lowest BCUT2D eigenvalue weighted by Gasteiger charge is -2.05. The molecule has 5 nitrogen and oxygen atoms in total. The Bertz CT molecular complexity index is 612. The molecule has 0 saturated heterocycles. The standard InChI is InChI=1S/C10H11N2O3P/c1-16(2,15)7-3-4-9-8(5-7)10(6-11-9)12(13)14/h3-6,11H,1-2H3. The van der Waals surface area contributed by atoms with E-state index in [2.05, 4.69) is 4.98 Å². The summed E-state index contributed by atoms with van der Waals surface area (Å²) in [5.41, 5.74) is 0.703. The number of benzene rings is 1. The quantitative estimate of drug-likeness (QED) is 0.495. The predicted octanol–water partition coefficient (Wildman–Crippen LogP) is 2.32. The first-order chi connectivity index (χ1) is 7.39. The molecule has 2 aromatic rings. The Morgan fingerprint density at radius 3 is 2.62 bits per heavy atom. The van der Waals surface area contributed by atoms with Gasteiger partial charge in [-0.2, -0.15) is 0 Å². The fraction of sp³-hybridized carbons (Fsp3) is 0.200. The van der Waals surface area contributed by atoms with Gasteiger partial charge in [0.25, 0.3) is 5.69 Å². The number of rotatable bonds is 2. The molecule has 6 heteroatoms. The van der Waals surface area contributed by atoms with Crippen molar-refractivity contribution < 1.29 is 9.49 Å². The SMILES string of the molecule is CP(C)(=O)c1ccc2[nH]cc([N+](=O)[O-])c2c1. The van der Waals surface area contributed by atoms with E-state index in [0.717, 1.165) is 0 Å². The summed E-state index contributed by atoms with van der Waals surface area (Å²) in [6.07, 6.45) is 1.35. The first kappa shape index (κ1) is 10.9. The molecule has 16 heavy (non-hydrogen) atoms. The van der Waals surface area contributed by atoms with Crippen LogP contribution in [0, 0.1) is 10.1 Å². The molecule has 1 N–H and O–H groups in total. The molecule has 1 aromatic carbocycles. The molecule has 1 heterocycles. The number of H-pyrrole nitrogens is 1. The molecule has 0 unspecified atom stereocenters. The molecular formula is C10H11N2O3P. The Labute approximate surface area is 92.0 Å². The van der Waals surface area contributed by atoms with Crippen molar-refractivity contribution in [1.82, 2.24) is 4.98 Å². The molecule has 0 atom stereocenters. The maximum absolute atomic E-state index is 11.9. The van der Waals surface area contributed by atoms with Crippen molar-refractivity contribution in [3.8, 4) is 0 Å². The number of fused-ring (bicyclic) bond motifs is 1. The first-order valence-corrected chi connectivity index (χ1v) is 7.31. The molecule has 0 aliphatic heterocycles. The Kier molecular flexibility index (Phi) is 2.35. The van der Waals surface area contributed by atoms with Gasteiger partial charge >= 0.3 is 0 Å². The van der Waals surface area contributed by atoms with E-state index in [1.165, 1.54) is 6.20 Å². The lowest BCUT2D eigenvalue weighted by Crippen LogP contribution is -2.01. The van der Waals surface area contributed by atoms with Crippen LogP contribution < -0.4 is 5.30 Å². The van der Waals surface area contributed by atoms with Crippen molar-refractivity contribution in [2.75, 3.05) is 13.3 Å². The van der Waals surface area contributed by atoms with Crippen LogP contribution in [-0.2, 0) is 4.57 Å². The molecule has 2 rings (SSSR count). The fourth-order valence-electron chi connectivity index (χ4n) is 1.58. The number of hydrogen-bond acceptors (Lipinski definition) is 3. The van der Waals surface area contributed by atoms with E-state index in [-0.39, 0.29) is 5.69 Å². The summed E-state index contributed by atoms with van der Waals surface area (Å²) in [5.74, 6) is 0. The van der Waals surface area contributed by atoms with E-state index < -0.39 is 12.1 Å². The second kappa shape index (κ2) is 3.46. The Morgan fingerprint density at radius 1 is 1.38 bits per heavy atom. The van der Waals surface area contributed by atoms with E-state index in [0.29, 0.717) is 16.2 Å². The minimum absolute atomic E-state index is 0.0188. The van der Waals surface area contributed by atoms with Crippen LogP contribution in [0.25, 0.3) is 10.9 Å². The summed E-state index contributed by atoms with van der Waals surface area (Å²) in [6, 6.07) is 5.09. The average molecular weight is 238 g/mol. The van der Waals surface area contributed by atoms with Gasteiger partial charge in [0, 0.05) is 5.30 Å². The molecular weight excluding hydrogens is 227 g/mol. The zero-order chi connectivity index (χ0) is 11.9. The van der Waals surface area contributed by atoms with E-state index in [1.807, 2.05) is 0 Å². The molecule has 0 fully saturated rings. The highest BCUT2D eigenvalue weighted by Gasteiger charge is 2.17. The van der Waals surface area contributed by atoms with Crippen LogP contribution in [0.1, 0.15) is 0 Å². The highest BCUT2D eigenvalue weighted by atomic mass is 31.2. The summed E-state index contributed by atoms with van der Waals surface area (Å²) in [6.45, 7) is 3.29. The minimum Gasteiger partial charge on any atom is -0.355 e. The van der Waals surface area contributed by atoms with Crippen LogP contribution in [0.2, 0.25) is 0 Å². The van der Waals surface area contributed by atoms with Crippen LogP contribution in [0.4, 0.5) is 5.69 Å². The molecule has 0 amide bonds. The second-order valence-electron chi connectivity index (χ2n) is 4.01. The molecule has 0 spiro atoms. The minimum atomic E-state index is -2.38. The van der Waals surface area contributed by atoms with Crippen molar-refractivity contribution >= 4 is 29.0 Å². The summed E-state index contributed by atoms with van der Waals surface area (Å²) in [7, 11) is -2.38. The summed E-state index contributed by atoms with van der Waals surface area (Å²) < 4.78 is 11.9. The van der Waals surface area contributed by atoms with E-state index in [4.69, 9.17) is 0 Å². The molecule has 84 valence electrons. The fourth-order valence-corrected chi connectivity index (χ4v) is 2.45. The van der Waals surface area contributed by atoms with Gasteiger partial charge in [-0.25, -0.2) is 0 Å². The topological polar surface area (TPSA) is 76.0 Å². The molecule has 0 aliphatic carbocycles. The van der Waals surface area contributed by atoms with E-state index in [1.54, 1.807) is 31.5 Å². The number of nitrogens with one attached hydrogen (secondary N) is 1. The zero-order valence-electron chi connectivity index (χ0n) is 8.93. The van der Waals surface area contributed by atoms with Crippen LogP contribution >= 0.6 is 7.14 Å². The normalized spacial score (nSPS) is 11.9. The third kappa shape index (κ3) is 1.74. The number of aromatic nitrogens is 1. The van der Waals surface area contributed by atoms with Crippen LogP contribution in [0.3, 0.4) is 0 Å². The largest absolute Gasteiger partial charge is 0.355 e. The van der Waals surface area contributed by atoms with E-state index in [9.17, 15) is 14.7 Å². The smallest absolute Gasteiger partial charge is 0.294 e. The number of nitrogens with zero attached hydrogens (tertiary/aromatic N) is 1. The van der Waals surface area contributed by atoms with Crippen molar-refractivity contribution in [3.63, 3.8) is 0 Å². The lowest BCUT2D eigenvalue weighted by atomic mass is 10.2. The Hall–Kier alpha value is -1.61. The second-order valence-corrected chi connectivity index (χ2v) is 7.23. The maximum Gasteiger partial charge on any atom is 0.294 e. The summed E-state index contributed by atoms with van der Waals surface area (Å²) in [5, 5.41) is 11.9. The molecule has 1 aromatic heterocycles. The van der Waals surface area contributed by atoms with Gasteiger partial charge in [0.15, 0.2) is 0 Å². The molecule has 0 radical (unpaired) electrons. The number of hydrogen-bond donors (Lipinski definition) is 1. The van der Waals surface area contributed by atoms with Crippen LogP contribution in [0.5, 0.6) is 0 Å². The predicted molar refractivity (Wildman–Crippen MR) is 64.0 cm³/mol. The Morgan fingerprint density at radius 2 is 2.06 bits per heavy atom. The van der Waals surface area contributed by atoms with Gasteiger partial charge < -0.3 is 9.55 Å². The van der Waals surface area contributed by atoms with Crippen molar-refractivity contribution in [3.05, 3.63) is 34.5 Å². The highest BCUT2D eigenvalue weighted by Crippen LogP contribution is 2.36. The van der Waals surface area contributed by atoms with Gasteiger partial charge in [-0.3, -0.25) is 10.1 Å². The third-order valence-corrected chi connectivity index (χ3v) is 3.98. The van der Waals surface area contributed by atoms with Gasteiger partial charge in [0.2, 0.25) is 0 Å². The van der Waals surface area contributed by atoms with Crippen molar-refractivity contribution in [1.29, 1.82) is 0 Å². The molecule has 0 saturated carbocycles. The van der Waals surface area contributed by atoms with Gasteiger partial charge in [-0.05, 0) is 31.5 Å². The van der Waals surface area contributed by atoms with Gasteiger partial charge in [-0.1, -0.05) is 0 Å². The van der Waals surface area contributed by atoms with Gasteiger partial charge in [0.05, 0.1) is 22.0 Å². The van der Waals surface area contributed by atoms with Crippen LogP contribution in [-0.4, -0.2) is 23.2 Å². The maximum atomic E-state index is 11.9. The van der Waals surface area contributed by atoms with Crippen molar-refractivity contribution in [2.24, 2.45) is 0 Å². The van der Waals surface area contributed by atoms with E-state index >= 15 is 0 Å². The number of nitro groups is 1. The third-order valence-electron chi connectivity index (χ3n) is 2.46. The average Bonchev–Trinajstić information content (AvgIpc) is 2.58. The monoisotopic (exact) mass is 238 g/mol.